The molecule has 118 valence electrons. The van der Waals surface area contributed by atoms with Crippen LogP contribution < -0.4 is 4.90 Å². The molecule has 0 bridgehead atoms. The van der Waals surface area contributed by atoms with Crippen molar-refractivity contribution in [2.24, 2.45) is 0 Å². The number of rotatable bonds is 5. The second-order valence-corrected chi connectivity index (χ2v) is 6.05. The van der Waals surface area contributed by atoms with Gasteiger partial charge in [-0.05, 0) is 52.4 Å². The lowest BCUT2D eigenvalue weighted by atomic mass is 10.2. The number of urea groups is 1. The molecular weight excluding hydrogens is 264 g/mol. The van der Waals surface area contributed by atoms with Crippen molar-refractivity contribution in [2.45, 2.75) is 33.7 Å². The van der Waals surface area contributed by atoms with Crippen LogP contribution in [0.3, 0.4) is 0 Å². The van der Waals surface area contributed by atoms with Crippen LogP contribution in [0.25, 0.3) is 0 Å². The average molecular weight is 292 g/mol. The van der Waals surface area contributed by atoms with Crippen molar-refractivity contribution in [2.75, 3.05) is 39.1 Å². The number of aromatic nitrogens is 1. The number of hydrogen-bond acceptors (Lipinski definition) is 3. The van der Waals surface area contributed by atoms with Gasteiger partial charge in [0.25, 0.3) is 0 Å². The van der Waals surface area contributed by atoms with E-state index in [2.05, 4.69) is 30.8 Å². The van der Waals surface area contributed by atoms with Gasteiger partial charge in [0, 0.05) is 38.9 Å². The Bertz CT molecular complexity index is 465. The predicted octanol–water partition coefficient (Wildman–Crippen LogP) is 2.53. The van der Waals surface area contributed by atoms with Crippen LogP contribution in [0.15, 0.2) is 12.1 Å². The second-order valence-electron chi connectivity index (χ2n) is 6.05. The Labute approximate surface area is 128 Å². The van der Waals surface area contributed by atoms with E-state index in [1.165, 1.54) is 0 Å². The van der Waals surface area contributed by atoms with Gasteiger partial charge in [-0.15, -0.1) is 0 Å². The maximum absolute atomic E-state index is 12.4. The number of carbonyl (C=O) groups is 1. The second kappa shape index (κ2) is 7.41. The van der Waals surface area contributed by atoms with Crippen molar-refractivity contribution in [3.05, 3.63) is 23.4 Å². The van der Waals surface area contributed by atoms with Crippen LogP contribution >= 0.6 is 0 Å². The Kier molecular flexibility index (Phi) is 6.15. The summed E-state index contributed by atoms with van der Waals surface area (Å²) >= 11 is 0. The molecule has 0 aliphatic rings. The first-order valence-corrected chi connectivity index (χ1v) is 7.36. The van der Waals surface area contributed by atoms with Crippen molar-refractivity contribution in [3.63, 3.8) is 0 Å². The number of pyridine rings is 1. The fourth-order valence-corrected chi connectivity index (χ4v) is 2.02. The van der Waals surface area contributed by atoms with Crippen LogP contribution in [-0.4, -0.2) is 61.1 Å². The van der Waals surface area contributed by atoms with Crippen LogP contribution in [0, 0.1) is 13.8 Å². The standard InChI is InChI=1S/C16H28N4O/c1-12(2)19(7)8-9-20(16(21)18(5)6)15-11-13(3)10-14(4)17-15/h10-12H,8-9H2,1-7H3. The predicted molar refractivity (Wildman–Crippen MR) is 87.9 cm³/mol. The zero-order chi connectivity index (χ0) is 16.2. The first kappa shape index (κ1) is 17.4. The smallest absolute Gasteiger partial charge is 0.325 e. The molecule has 0 aromatic carbocycles. The zero-order valence-corrected chi connectivity index (χ0v) is 14.3. The Hall–Kier alpha value is -1.62. The Balaban J connectivity index is 2.99. The highest BCUT2D eigenvalue weighted by Gasteiger charge is 2.20. The summed E-state index contributed by atoms with van der Waals surface area (Å²) in [5, 5.41) is 0. The van der Waals surface area contributed by atoms with Crippen LogP contribution in [0.2, 0.25) is 0 Å². The quantitative estimate of drug-likeness (QED) is 0.837. The highest BCUT2D eigenvalue weighted by Crippen LogP contribution is 2.16. The van der Waals surface area contributed by atoms with E-state index in [9.17, 15) is 4.79 Å². The van der Waals surface area contributed by atoms with Crippen LogP contribution in [0.4, 0.5) is 10.6 Å². The summed E-state index contributed by atoms with van der Waals surface area (Å²) in [6.45, 7) is 9.71. The molecule has 1 aromatic heterocycles. The lowest BCUT2D eigenvalue weighted by Crippen LogP contribution is -2.44. The number of aryl methyl sites for hydroxylation is 2. The van der Waals surface area contributed by atoms with Gasteiger partial charge in [0.15, 0.2) is 0 Å². The van der Waals surface area contributed by atoms with E-state index in [-0.39, 0.29) is 6.03 Å². The van der Waals surface area contributed by atoms with E-state index in [0.29, 0.717) is 12.6 Å². The number of likely N-dealkylation sites (N-methyl/N-ethyl adjacent to an activating group) is 1. The molecule has 1 heterocycles. The van der Waals surface area contributed by atoms with E-state index in [1.807, 2.05) is 26.0 Å². The number of anilines is 1. The number of nitrogens with zero attached hydrogens (tertiary/aromatic N) is 4. The molecule has 0 saturated carbocycles. The van der Waals surface area contributed by atoms with Crippen molar-refractivity contribution in [1.82, 2.24) is 14.8 Å². The number of amides is 2. The highest BCUT2D eigenvalue weighted by atomic mass is 16.2. The van der Waals surface area contributed by atoms with Crippen LogP contribution in [0.5, 0.6) is 0 Å². The molecule has 5 heteroatoms. The van der Waals surface area contributed by atoms with Gasteiger partial charge in [0.2, 0.25) is 0 Å². The van der Waals surface area contributed by atoms with E-state index in [4.69, 9.17) is 0 Å². The molecule has 0 N–H and O–H groups in total. The van der Waals surface area contributed by atoms with Crippen LogP contribution in [0.1, 0.15) is 25.1 Å². The van der Waals surface area contributed by atoms with Gasteiger partial charge in [-0.25, -0.2) is 9.78 Å². The molecule has 21 heavy (non-hydrogen) atoms. The lowest BCUT2D eigenvalue weighted by molar-refractivity contribution is 0.220. The molecule has 2 amide bonds. The van der Waals surface area contributed by atoms with E-state index < -0.39 is 0 Å². The molecule has 0 atom stereocenters. The van der Waals surface area contributed by atoms with Crippen molar-refractivity contribution in [3.8, 4) is 0 Å². The molecule has 1 aromatic rings. The highest BCUT2D eigenvalue weighted by molar-refractivity contribution is 5.90. The molecule has 0 spiro atoms. The van der Waals surface area contributed by atoms with Gasteiger partial charge < -0.3 is 9.80 Å². The van der Waals surface area contributed by atoms with Gasteiger partial charge in [-0.2, -0.15) is 0 Å². The van der Waals surface area contributed by atoms with Crippen molar-refractivity contribution >= 4 is 11.8 Å². The molecule has 0 fully saturated rings. The third-order valence-corrected chi connectivity index (χ3v) is 3.53. The molecule has 1 rings (SSSR count). The van der Waals surface area contributed by atoms with Gasteiger partial charge in [0.05, 0.1) is 0 Å². The van der Waals surface area contributed by atoms with E-state index in [0.717, 1.165) is 23.6 Å². The summed E-state index contributed by atoms with van der Waals surface area (Å²) < 4.78 is 0. The maximum Gasteiger partial charge on any atom is 0.325 e. The van der Waals surface area contributed by atoms with Crippen molar-refractivity contribution < 1.29 is 4.79 Å². The monoisotopic (exact) mass is 292 g/mol. The van der Waals surface area contributed by atoms with Gasteiger partial charge in [-0.3, -0.25) is 4.90 Å². The normalized spacial score (nSPS) is 11.1. The van der Waals surface area contributed by atoms with E-state index in [1.54, 1.807) is 23.9 Å². The minimum Gasteiger partial charge on any atom is -0.330 e. The molecule has 5 nitrogen and oxygen atoms in total. The zero-order valence-electron chi connectivity index (χ0n) is 14.3. The Morgan fingerprint density at radius 3 is 2.24 bits per heavy atom. The SMILES string of the molecule is Cc1cc(C)nc(N(CCN(C)C(C)C)C(=O)N(C)C)c1. The average Bonchev–Trinajstić information content (AvgIpc) is 2.36. The third-order valence-electron chi connectivity index (χ3n) is 3.53. The Morgan fingerprint density at radius 1 is 1.14 bits per heavy atom. The first-order valence-electron chi connectivity index (χ1n) is 7.36. The fourth-order valence-electron chi connectivity index (χ4n) is 2.02. The summed E-state index contributed by atoms with van der Waals surface area (Å²) in [4.78, 5) is 22.5. The molecule has 0 aliphatic carbocycles. The minimum absolute atomic E-state index is 0.0374. The minimum atomic E-state index is -0.0374. The molecule has 0 radical (unpaired) electrons. The summed E-state index contributed by atoms with van der Waals surface area (Å²) in [6, 6.07) is 4.39. The summed E-state index contributed by atoms with van der Waals surface area (Å²) in [7, 11) is 5.60. The van der Waals surface area contributed by atoms with E-state index >= 15 is 0 Å². The maximum atomic E-state index is 12.4. The van der Waals surface area contributed by atoms with Gasteiger partial charge >= 0.3 is 6.03 Å². The van der Waals surface area contributed by atoms with Crippen molar-refractivity contribution in [1.29, 1.82) is 0 Å². The summed E-state index contributed by atoms with van der Waals surface area (Å²) in [5.74, 6) is 0.725. The molecule has 0 saturated heterocycles. The van der Waals surface area contributed by atoms with Gasteiger partial charge in [-0.1, -0.05) is 0 Å². The van der Waals surface area contributed by atoms with Crippen LogP contribution in [-0.2, 0) is 0 Å². The fraction of sp³-hybridized carbons (Fsp3) is 0.625. The lowest BCUT2D eigenvalue weighted by Gasteiger charge is -2.29. The first-order chi connectivity index (χ1) is 9.72. The third kappa shape index (κ3) is 5.01. The summed E-state index contributed by atoms with van der Waals surface area (Å²) in [5.41, 5.74) is 2.05. The topological polar surface area (TPSA) is 39.7 Å². The molecular formula is C16H28N4O. The Morgan fingerprint density at radius 2 is 1.76 bits per heavy atom. The van der Waals surface area contributed by atoms with Gasteiger partial charge in [0.1, 0.15) is 5.82 Å². The molecule has 0 aliphatic heterocycles. The number of hydrogen-bond donors (Lipinski definition) is 0. The molecule has 0 unspecified atom stereocenters. The number of carbonyl (C=O) groups excluding carboxylic acids is 1. The largest absolute Gasteiger partial charge is 0.330 e. The summed E-state index contributed by atoms with van der Waals surface area (Å²) in [6.07, 6.45) is 0.